The number of thiazole rings is 1. The molecule has 1 aliphatic rings. The molecule has 5 heteroatoms. The van der Waals surface area contributed by atoms with Gasteiger partial charge in [-0.1, -0.05) is 24.3 Å². The van der Waals surface area contributed by atoms with Crippen LogP contribution in [-0.2, 0) is 0 Å². The van der Waals surface area contributed by atoms with Gasteiger partial charge in [0, 0.05) is 12.6 Å². The van der Waals surface area contributed by atoms with Gasteiger partial charge in [0.25, 0.3) is 5.91 Å². The van der Waals surface area contributed by atoms with Crippen LogP contribution in [-0.4, -0.2) is 24.5 Å². The Morgan fingerprint density at radius 1 is 1.38 bits per heavy atom. The summed E-state index contributed by atoms with van der Waals surface area (Å²) in [5.41, 5.74) is 2.15. The Labute approximate surface area is 126 Å². The van der Waals surface area contributed by atoms with Crippen molar-refractivity contribution in [3.63, 3.8) is 0 Å². The maximum absolute atomic E-state index is 11.5. The molecule has 106 valence electrons. The lowest BCUT2D eigenvalue weighted by molar-refractivity contribution is 0.0967. The summed E-state index contributed by atoms with van der Waals surface area (Å²) in [4.78, 5) is 16.3. The average Bonchev–Trinajstić information content (AvgIpc) is 3.01. The molecule has 0 radical (unpaired) electrons. The molecule has 0 fully saturated rings. The van der Waals surface area contributed by atoms with E-state index >= 15 is 0 Å². The molecule has 1 amide bonds. The molecule has 4 nitrogen and oxygen atoms in total. The largest absolute Gasteiger partial charge is 0.488 e. The third-order valence-electron chi connectivity index (χ3n) is 3.07. The van der Waals surface area contributed by atoms with E-state index in [2.05, 4.69) is 16.4 Å². The molecule has 1 aromatic carbocycles. The predicted octanol–water partition coefficient (Wildman–Crippen LogP) is 2.99. The van der Waals surface area contributed by atoms with Crippen molar-refractivity contribution in [1.82, 2.24) is 10.3 Å². The summed E-state index contributed by atoms with van der Waals surface area (Å²) in [7, 11) is 1.61. The second kappa shape index (κ2) is 5.93. The zero-order chi connectivity index (χ0) is 14.7. The van der Waals surface area contributed by atoms with Crippen molar-refractivity contribution in [2.75, 3.05) is 13.7 Å². The van der Waals surface area contributed by atoms with Crippen LogP contribution in [0.5, 0.6) is 5.75 Å². The van der Waals surface area contributed by atoms with Gasteiger partial charge < -0.3 is 10.1 Å². The number of benzene rings is 1. The van der Waals surface area contributed by atoms with E-state index < -0.39 is 0 Å². The number of para-hydroxylation sites is 1. The van der Waals surface area contributed by atoms with Crippen LogP contribution in [0.1, 0.15) is 20.2 Å². The second-order valence-electron chi connectivity index (χ2n) is 4.52. The fraction of sp³-hybridized carbons (Fsp3) is 0.125. The monoisotopic (exact) mass is 298 g/mol. The third kappa shape index (κ3) is 3.03. The summed E-state index contributed by atoms with van der Waals surface area (Å²) in [6.45, 7) is 0.543. The van der Waals surface area contributed by atoms with E-state index in [-0.39, 0.29) is 5.91 Å². The lowest BCUT2D eigenvalue weighted by Gasteiger charge is -2.15. The number of carbonyl (C=O) groups excluding carboxylic acids is 1. The predicted molar refractivity (Wildman–Crippen MR) is 84.5 cm³/mol. The Bertz CT molecular complexity index is 731. The van der Waals surface area contributed by atoms with Crippen LogP contribution in [0.25, 0.3) is 12.2 Å². The van der Waals surface area contributed by atoms with E-state index in [0.29, 0.717) is 11.5 Å². The van der Waals surface area contributed by atoms with Crippen LogP contribution >= 0.6 is 11.3 Å². The number of fused-ring (bicyclic) bond motifs is 1. The van der Waals surface area contributed by atoms with Crippen LogP contribution in [0, 0.1) is 0 Å². The van der Waals surface area contributed by atoms with Crippen molar-refractivity contribution in [1.29, 1.82) is 0 Å². The standard InChI is InChI=1S/C16H14N2O2S/c1-17-16(19)14-9-18-15(21-14)7-6-11-8-12-4-2-3-5-13(12)20-10-11/h2-9H,10H2,1H3,(H,17,19)/b7-6-. The Morgan fingerprint density at radius 2 is 2.24 bits per heavy atom. The number of nitrogens with zero attached hydrogens (tertiary/aromatic N) is 1. The number of aromatic nitrogens is 1. The highest BCUT2D eigenvalue weighted by atomic mass is 32.1. The van der Waals surface area contributed by atoms with Crippen molar-refractivity contribution in [2.24, 2.45) is 0 Å². The van der Waals surface area contributed by atoms with Gasteiger partial charge in [-0.2, -0.15) is 0 Å². The van der Waals surface area contributed by atoms with Gasteiger partial charge in [0.05, 0.1) is 6.20 Å². The molecule has 1 aromatic heterocycles. The highest BCUT2D eigenvalue weighted by molar-refractivity contribution is 7.14. The summed E-state index contributed by atoms with van der Waals surface area (Å²) >= 11 is 1.36. The van der Waals surface area contributed by atoms with Crippen molar-refractivity contribution in [3.05, 3.63) is 57.6 Å². The minimum Gasteiger partial charge on any atom is -0.488 e. The zero-order valence-electron chi connectivity index (χ0n) is 11.5. The topological polar surface area (TPSA) is 51.2 Å². The van der Waals surface area contributed by atoms with E-state index in [9.17, 15) is 4.79 Å². The van der Waals surface area contributed by atoms with E-state index in [4.69, 9.17) is 4.74 Å². The number of carbonyl (C=O) groups is 1. The first kappa shape index (κ1) is 13.6. The van der Waals surface area contributed by atoms with E-state index in [1.54, 1.807) is 13.2 Å². The van der Waals surface area contributed by atoms with Crippen molar-refractivity contribution >= 4 is 29.4 Å². The number of amides is 1. The summed E-state index contributed by atoms with van der Waals surface area (Å²) in [6.07, 6.45) is 7.56. The van der Waals surface area contributed by atoms with Gasteiger partial charge in [0.15, 0.2) is 0 Å². The highest BCUT2D eigenvalue weighted by Gasteiger charge is 2.09. The normalized spacial score (nSPS) is 13.5. The zero-order valence-corrected chi connectivity index (χ0v) is 12.3. The van der Waals surface area contributed by atoms with Crippen molar-refractivity contribution in [3.8, 4) is 5.75 Å². The van der Waals surface area contributed by atoms with Crippen LogP contribution < -0.4 is 10.1 Å². The van der Waals surface area contributed by atoms with E-state index in [1.807, 2.05) is 36.4 Å². The lowest BCUT2D eigenvalue weighted by Crippen LogP contribution is -2.16. The molecule has 0 aliphatic carbocycles. The Balaban J connectivity index is 1.77. The van der Waals surface area contributed by atoms with Gasteiger partial charge in [-0.15, -0.1) is 11.3 Å². The van der Waals surface area contributed by atoms with Crippen molar-refractivity contribution < 1.29 is 9.53 Å². The van der Waals surface area contributed by atoms with Gasteiger partial charge in [-0.3, -0.25) is 4.79 Å². The van der Waals surface area contributed by atoms with E-state index in [0.717, 1.165) is 21.9 Å². The fourth-order valence-electron chi connectivity index (χ4n) is 2.00. The van der Waals surface area contributed by atoms with Crippen LogP contribution in [0.4, 0.5) is 0 Å². The Hall–Kier alpha value is -2.40. The molecule has 0 saturated heterocycles. The molecule has 0 bridgehead atoms. The molecule has 21 heavy (non-hydrogen) atoms. The number of ether oxygens (including phenoxy) is 1. The molecule has 0 unspecified atom stereocenters. The van der Waals surface area contributed by atoms with Gasteiger partial charge in [0.1, 0.15) is 22.2 Å². The SMILES string of the molecule is CNC(=O)c1cnc(/C=C\C2=Cc3ccccc3OC2)s1. The maximum Gasteiger partial charge on any atom is 0.262 e. The minimum atomic E-state index is -0.110. The smallest absolute Gasteiger partial charge is 0.262 e. The molecule has 0 spiro atoms. The summed E-state index contributed by atoms with van der Waals surface area (Å²) < 4.78 is 5.68. The minimum absolute atomic E-state index is 0.110. The van der Waals surface area contributed by atoms with Crippen LogP contribution in [0.3, 0.4) is 0 Å². The van der Waals surface area contributed by atoms with Gasteiger partial charge in [-0.25, -0.2) is 4.98 Å². The molecule has 2 heterocycles. The number of nitrogens with one attached hydrogen (secondary N) is 1. The summed E-state index contributed by atoms with van der Waals surface area (Å²) in [5, 5.41) is 3.39. The molecule has 2 aromatic rings. The first-order chi connectivity index (χ1) is 10.3. The fourth-order valence-corrected chi connectivity index (χ4v) is 2.77. The first-order valence-electron chi connectivity index (χ1n) is 6.54. The lowest BCUT2D eigenvalue weighted by atomic mass is 10.1. The van der Waals surface area contributed by atoms with Crippen LogP contribution in [0.15, 0.2) is 42.1 Å². The quantitative estimate of drug-likeness (QED) is 0.947. The van der Waals surface area contributed by atoms with Gasteiger partial charge >= 0.3 is 0 Å². The summed E-state index contributed by atoms with van der Waals surface area (Å²) in [6, 6.07) is 7.93. The number of hydrogen-bond donors (Lipinski definition) is 1. The molecular weight excluding hydrogens is 284 g/mol. The van der Waals surface area contributed by atoms with Gasteiger partial charge in [0.2, 0.25) is 0 Å². The average molecular weight is 298 g/mol. The molecule has 3 rings (SSSR count). The molecule has 0 atom stereocenters. The van der Waals surface area contributed by atoms with Gasteiger partial charge in [-0.05, 0) is 23.8 Å². The highest BCUT2D eigenvalue weighted by Crippen LogP contribution is 2.26. The first-order valence-corrected chi connectivity index (χ1v) is 7.36. The molecule has 1 aliphatic heterocycles. The Morgan fingerprint density at radius 3 is 3.10 bits per heavy atom. The molecule has 1 N–H and O–H groups in total. The van der Waals surface area contributed by atoms with Crippen molar-refractivity contribution in [2.45, 2.75) is 0 Å². The summed E-state index contributed by atoms with van der Waals surface area (Å²) in [5.74, 6) is 0.798. The number of hydrogen-bond acceptors (Lipinski definition) is 4. The Kier molecular flexibility index (Phi) is 3.83. The maximum atomic E-state index is 11.5. The number of rotatable bonds is 3. The molecule has 0 saturated carbocycles. The second-order valence-corrected chi connectivity index (χ2v) is 5.58. The van der Waals surface area contributed by atoms with Crippen LogP contribution in [0.2, 0.25) is 0 Å². The van der Waals surface area contributed by atoms with E-state index in [1.165, 1.54) is 11.3 Å². The molecular formula is C16H14N2O2S. The third-order valence-corrected chi connectivity index (χ3v) is 4.03.